The number of rotatable bonds is 5. The third kappa shape index (κ3) is 3.94. The van der Waals surface area contributed by atoms with Crippen LogP contribution in [0.2, 0.25) is 0 Å². The summed E-state index contributed by atoms with van der Waals surface area (Å²) < 4.78 is 5.35. The first-order valence-electron chi connectivity index (χ1n) is 8.32. The van der Waals surface area contributed by atoms with Gasteiger partial charge in [0.15, 0.2) is 0 Å². The van der Waals surface area contributed by atoms with E-state index in [2.05, 4.69) is 10.3 Å². The van der Waals surface area contributed by atoms with Gasteiger partial charge in [0.2, 0.25) is 0 Å². The van der Waals surface area contributed by atoms with Crippen molar-refractivity contribution in [1.29, 1.82) is 0 Å². The standard InChI is InChI=1S/C18H23N3O2S/c1-23-16-8-12-24-17(16)18(22)21(13-14-5-2-3-10-20-14)15-6-4-9-19-11-7-15/h2-3,5,8,10,12,15,19H,4,6-7,9,11,13H2,1H3/t15-/m0/s1. The number of carbonyl (C=O) groups is 1. The Labute approximate surface area is 146 Å². The Morgan fingerprint density at radius 3 is 3.08 bits per heavy atom. The van der Waals surface area contributed by atoms with Gasteiger partial charge in [0, 0.05) is 12.2 Å². The van der Waals surface area contributed by atoms with Gasteiger partial charge in [-0.25, -0.2) is 0 Å². The van der Waals surface area contributed by atoms with E-state index < -0.39 is 0 Å². The van der Waals surface area contributed by atoms with Crippen molar-refractivity contribution in [3.05, 3.63) is 46.4 Å². The Hall–Kier alpha value is -1.92. The Morgan fingerprint density at radius 2 is 2.29 bits per heavy atom. The number of amides is 1. The highest BCUT2D eigenvalue weighted by atomic mass is 32.1. The number of carbonyl (C=O) groups excluding carboxylic acids is 1. The van der Waals surface area contributed by atoms with Crippen molar-refractivity contribution in [2.75, 3.05) is 20.2 Å². The summed E-state index contributed by atoms with van der Waals surface area (Å²) in [7, 11) is 1.61. The quantitative estimate of drug-likeness (QED) is 0.905. The van der Waals surface area contributed by atoms with Crippen molar-refractivity contribution in [2.45, 2.75) is 31.8 Å². The maximum Gasteiger partial charge on any atom is 0.268 e. The van der Waals surface area contributed by atoms with Gasteiger partial charge < -0.3 is 15.0 Å². The molecule has 1 atom stereocenters. The molecule has 1 fully saturated rings. The van der Waals surface area contributed by atoms with Crippen molar-refractivity contribution in [1.82, 2.24) is 15.2 Å². The maximum atomic E-state index is 13.2. The maximum absolute atomic E-state index is 13.2. The first-order chi connectivity index (χ1) is 11.8. The van der Waals surface area contributed by atoms with E-state index in [0.717, 1.165) is 38.0 Å². The second-order valence-electron chi connectivity index (χ2n) is 5.91. The zero-order chi connectivity index (χ0) is 16.8. The molecular formula is C18H23N3O2S. The minimum Gasteiger partial charge on any atom is -0.495 e. The van der Waals surface area contributed by atoms with E-state index in [0.29, 0.717) is 17.2 Å². The summed E-state index contributed by atoms with van der Waals surface area (Å²) in [5.41, 5.74) is 0.915. The molecule has 2 aromatic heterocycles. The van der Waals surface area contributed by atoms with Crippen LogP contribution in [0.3, 0.4) is 0 Å². The molecule has 1 aliphatic rings. The van der Waals surface area contributed by atoms with Crippen LogP contribution in [0, 0.1) is 0 Å². The number of hydrogen-bond donors (Lipinski definition) is 1. The molecular weight excluding hydrogens is 322 g/mol. The monoisotopic (exact) mass is 345 g/mol. The van der Waals surface area contributed by atoms with Crippen LogP contribution in [0.1, 0.15) is 34.6 Å². The number of pyridine rings is 1. The largest absolute Gasteiger partial charge is 0.495 e. The van der Waals surface area contributed by atoms with Crippen LogP contribution in [0.15, 0.2) is 35.8 Å². The molecule has 0 aromatic carbocycles. The molecule has 0 saturated carbocycles. The molecule has 0 bridgehead atoms. The Bertz CT molecular complexity index is 651. The van der Waals surface area contributed by atoms with Gasteiger partial charge in [-0.3, -0.25) is 9.78 Å². The van der Waals surface area contributed by atoms with Crippen LogP contribution in [0.5, 0.6) is 5.75 Å². The molecule has 1 saturated heterocycles. The third-order valence-corrected chi connectivity index (χ3v) is 5.23. The van der Waals surface area contributed by atoms with Gasteiger partial charge in [-0.05, 0) is 55.9 Å². The molecule has 128 valence electrons. The SMILES string of the molecule is COc1ccsc1C(=O)N(Cc1ccccn1)[C@H]1CCCNCC1. The zero-order valence-electron chi connectivity index (χ0n) is 13.9. The Kier molecular flexibility index (Phi) is 5.82. The van der Waals surface area contributed by atoms with Crippen LogP contribution in [-0.4, -0.2) is 42.0 Å². The fraction of sp³-hybridized carbons (Fsp3) is 0.444. The fourth-order valence-corrected chi connectivity index (χ4v) is 3.90. The van der Waals surface area contributed by atoms with E-state index in [1.165, 1.54) is 11.3 Å². The van der Waals surface area contributed by atoms with Crippen LogP contribution in [-0.2, 0) is 6.54 Å². The Balaban J connectivity index is 1.87. The second-order valence-corrected chi connectivity index (χ2v) is 6.82. The van der Waals surface area contributed by atoms with Crippen LogP contribution < -0.4 is 10.1 Å². The molecule has 6 heteroatoms. The van der Waals surface area contributed by atoms with Gasteiger partial charge in [-0.15, -0.1) is 11.3 Å². The van der Waals surface area contributed by atoms with Gasteiger partial charge in [-0.1, -0.05) is 6.07 Å². The molecule has 0 radical (unpaired) electrons. The lowest BCUT2D eigenvalue weighted by atomic mass is 10.1. The molecule has 24 heavy (non-hydrogen) atoms. The Morgan fingerprint density at radius 1 is 1.38 bits per heavy atom. The van der Waals surface area contributed by atoms with Gasteiger partial charge in [-0.2, -0.15) is 0 Å². The minimum absolute atomic E-state index is 0.0411. The van der Waals surface area contributed by atoms with Gasteiger partial charge >= 0.3 is 0 Å². The lowest BCUT2D eigenvalue weighted by Gasteiger charge is -2.30. The molecule has 0 spiro atoms. The molecule has 5 nitrogen and oxygen atoms in total. The molecule has 1 amide bonds. The van der Waals surface area contributed by atoms with Gasteiger partial charge in [0.25, 0.3) is 5.91 Å². The highest BCUT2D eigenvalue weighted by molar-refractivity contribution is 7.12. The van der Waals surface area contributed by atoms with Crippen LogP contribution >= 0.6 is 11.3 Å². The number of ether oxygens (including phenoxy) is 1. The first-order valence-corrected chi connectivity index (χ1v) is 9.20. The average Bonchev–Trinajstić information content (AvgIpc) is 2.94. The lowest BCUT2D eigenvalue weighted by Crippen LogP contribution is -2.40. The normalized spacial score (nSPS) is 18.0. The van der Waals surface area contributed by atoms with E-state index in [9.17, 15) is 4.79 Å². The molecule has 2 aromatic rings. The predicted octanol–water partition coefficient (Wildman–Crippen LogP) is 2.94. The summed E-state index contributed by atoms with van der Waals surface area (Å²) in [5, 5.41) is 5.32. The number of thiophene rings is 1. The first kappa shape index (κ1) is 16.9. The van der Waals surface area contributed by atoms with Crippen molar-refractivity contribution in [2.24, 2.45) is 0 Å². The summed E-state index contributed by atoms with van der Waals surface area (Å²) in [5.74, 6) is 0.696. The summed E-state index contributed by atoms with van der Waals surface area (Å²) in [6.45, 7) is 2.49. The predicted molar refractivity (Wildman–Crippen MR) is 95.5 cm³/mol. The average molecular weight is 345 g/mol. The number of aromatic nitrogens is 1. The summed E-state index contributed by atoms with van der Waals surface area (Å²) in [4.78, 5) is 20.3. The molecule has 1 N–H and O–H groups in total. The topological polar surface area (TPSA) is 54.5 Å². The molecule has 0 aliphatic carbocycles. The molecule has 0 unspecified atom stereocenters. The van der Waals surface area contributed by atoms with Crippen molar-refractivity contribution in [3.8, 4) is 5.75 Å². The number of nitrogens with one attached hydrogen (secondary N) is 1. The zero-order valence-corrected chi connectivity index (χ0v) is 14.7. The fourth-order valence-electron chi connectivity index (χ4n) is 3.09. The van der Waals surface area contributed by atoms with Crippen molar-refractivity contribution >= 4 is 17.2 Å². The number of nitrogens with zero attached hydrogens (tertiary/aromatic N) is 2. The van der Waals surface area contributed by atoms with E-state index in [4.69, 9.17) is 4.74 Å². The molecule has 3 heterocycles. The number of methoxy groups -OCH3 is 1. The molecule has 3 rings (SSSR count). The summed E-state index contributed by atoms with van der Waals surface area (Å²) >= 11 is 1.44. The summed E-state index contributed by atoms with van der Waals surface area (Å²) in [6, 6.07) is 7.91. The number of hydrogen-bond acceptors (Lipinski definition) is 5. The van der Waals surface area contributed by atoms with E-state index in [1.807, 2.05) is 34.5 Å². The van der Waals surface area contributed by atoms with E-state index >= 15 is 0 Å². The second kappa shape index (κ2) is 8.26. The van der Waals surface area contributed by atoms with E-state index in [-0.39, 0.29) is 11.9 Å². The molecule has 1 aliphatic heterocycles. The van der Waals surface area contributed by atoms with Crippen LogP contribution in [0.25, 0.3) is 0 Å². The van der Waals surface area contributed by atoms with Crippen LogP contribution in [0.4, 0.5) is 0 Å². The van der Waals surface area contributed by atoms with Crippen molar-refractivity contribution in [3.63, 3.8) is 0 Å². The summed E-state index contributed by atoms with van der Waals surface area (Å²) in [6.07, 6.45) is 4.84. The highest BCUT2D eigenvalue weighted by Crippen LogP contribution is 2.28. The van der Waals surface area contributed by atoms with E-state index in [1.54, 1.807) is 13.3 Å². The smallest absolute Gasteiger partial charge is 0.268 e. The van der Waals surface area contributed by atoms with Gasteiger partial charge in [0.1, 0.15) is 10.6 Å². The van der Waals surface area contributed by atoms with Crippen molar-refractivity contribution < 1.29 is 9.53 Å². The third-order valence-electron chi connectivity index (χ3n) is 4.35. The lowest BCUT2D eigenvalue weighted by molar-refractivity contribution is 0.0644. The minimum atomic E-state index is 0.0411. The highest BCUT2D eigenvalue weighted by Gasteiger charge is 2.28. The van der Waals surface area contributed by atoms with Gasteiger partial charge in [0.05, 0.1) is 19.3 Å².